The van der Waals surface area contributed by atoms with Gasteiger partial charge in [-0.05, 0) is 12.8 Å². The van der Waals surface area contributed by atoms with E-state index in [9.17, 15) is 43.8 Å². The molecule has 15 nitrogen and oxygen atoms in total. The largest absolute Gasteiger partial charge is 0.472 e. The van der Waals surface area contributed by atoms with E-state index in [1.54, 1.807) is 0 Å². The summed E-state index contributed by atoms with van der Waals surface area (Å²) < 4.78 is 53.0. The predicted octanol–water partition coefficient (Wildman–Crippen LogP) is 10.9. The van der Waals surface area contributed by atoms with E-state index in [4.69, 9.17) is 9.47 Å². The number of aliphatic hydroxyl groups is 3. The zero-order chi connectivity index (χ0) is 46.0. The number of unbranched alkanes of at least 4 members (excludes halogenated alkanes) is 28. The maximum atomic E-state index is 12.2. The van der Waals surface area contributed by atoms with Gasteiger partial charge in [-0.3, -0.25) is 27.7 Å². The first-order valence-electron chi connectivity index (χ1n) is 24.4. The van der Waals surface area contributed by atoms with Crippen molar-refractivity contribution >= 4 is 27.6 Å². The number of hydrogen-bond donors (Lipinski definition) is 5. The highest BCUT2D eigenvalue weighted by molar-refractivity contribution is 7.47. The van der Waals surface area contributed by atoms with Gasteiger partial charge in [0.25, 0.3) is 0 Å². The first-order chi connectivity index (χ1) is 29.8. The van der Waals surface area contributed by atoms with Gasteiger partial charge >= 0.3 is 27.6 Å². The highest BCUT2D eigenvalue weighted by atomic mass is 31.2. The summed E-state index contributed by atoms with van der Waals surface area (Å²) in [5, 5.41) is 30.0. The van der Waals surface area contributed by atoms with E-state index < -0.39 is 85.5 Å². The Morgan fingerprint density at radius 3 is 0.774 bits per heavy atom. The summed E-state index contributed by atoms with van der Waals surface area (Å²) >= 11 is 0. The second-order valence-electron chi connectivity index (χ2n) is 16.8. The molecule has 62 heavy (non-hydrogen) atoms. The molecule has 0 aliphatic rings. The molecule has 0 amide bonds. The average molecular weight is 933 g/mol. The van der Waals surface area contributed by atoms with E-state index in [2.05, 4.69) is 31.9 Å². The van der Waals surface area contributed by atoms with Crippen molar-refractivity contribution in [3.05, 3.63) is 0 Å². The highest BCUT2D eigenvalue weighted by Gasteiger charge is 2.28. The number of aliphatic hydroxyl groups excluding tert-OH is 3. The molecule has 0 saturated heterocycles. The van der Waals surface area contributed by atoms with Crippen molar-refractivity contribution in [3.8, 4) is 0 Å². The molecule has 0 aliphatic heterocycles. The number of carbonyl (C=O) groups excluding carboxylic acids is 2. The zero-order valence-corrected chi connectivity index (χ0v) is 40.6. The minimum atomic E-state index is -4.78. The maximum absolute atomic E-state index is 12.2. The van der Waals surface area contributed by atoms with Gasteiger partial charge in [0.1, 0.15) is 31.5 Å². The normalized spacial score (nSPS) is 15.1. The van der Waals surface area contributed by atoms with Crippen LogP contribution in [0.25, 0.3) is 0 Å². The second-order valence-corrected chi connectivity index (χ2v) is 19.8. The molecule has 5 atom stereocenters. The van der Waals surface area contributed by atoms with Gasteiger partial charge in [-0.25, -0.2) is 9.13 Å². The number of carbonyl (C=O) groups is 2. The van der Waals surface area contributed by atoms with Gasteiger partial charge in [0.2, 0.25) is 0 Å². The number of phosphoric acid groups is 2. The van der Waals surface area contributed by atoms with Crippen LogP contribution >= 0.6 is 15.6 Å². The summed E-state index contributed by atoms with van der Waals surface area (Å²) in [5.74, 6) is -0.983. The summed E-state index contributed by atoms with van der Waals surface area (Å²) in [6, 6.07) is 0. The molecule has 0 fully saturated rings. The lowest BCUT2D eigenvalue weighted by Crippen LogP contribution is -2.25. The standard InChI is InChI=1S/C45H90O15P2/c1-3-5-7-9-11-13-15-17-18-19-20-22-24-26-28-30-32-34-45(50)56-36-42(47)38-58-62(53,54)60-40-43(48)39-59-61(51,52)57-37-41(46)35-55-44(49)33-31-29-27-25-23-21-16-14-12-10-8-6-4-2/h41-43,46-48H,3-40H2,1-2H3,(H,51,52)(H,53,54). The fourth-order valence-electron chi connectivity index (χ4n) is 6.74. The van der Waals surface area contributed by atoms with Crippen LogP contribution in [0.15, 0.2) is 0 Å². The van der Waals surface area contributed by atoms with Crippen molar-refractivity contribution in [2.75, 3.05) is 39.6 Å². The van der Waals surface area contributed by atoms with Crippen molar-refractivity contribution in [3.63, 3.8) is 0 Å². The molecule has 0 saturated carbocycles. The number of rotatable bonds is 48. The van der Waals surface area contributed by atoms with Crippen molar-refractivity contribution < 1.29 is 71.4 Å². The van der Waals surface area contributed by atoms with Crippen molar-refractivity contribution in [1.82, 2.24) is 0 Å². The van der Waals surface area contributed by atoms with Gasteiger partial charge in [-0.2, -0.15) is 0 Å². The van der Waals surface area contributed by atoms with Crippen LogP contribution < -0.4 is 0 Å². The quantitative estimate of drug-likeness (QED) is 0.0217. The number of esters is 2. The number of hydrogen-bond acceptors (Lipinski definition) is 13. The van der Waals surface area contributed by atoms with Crippen LogP contribution in [0.5, 0.6) is 0 Å². The number of ether oxygens (including phenoxy) is 2. The van der Waals surface area contributed by atoms with Gasteiger partial charge < -0.3 is 34.6 Å². The maximum Gasteiger partial charge on any atom is 0.472 e. The lowest BCUT2D eigenvalue weighted by Gasteiger charge is -2.19. The molecule has 5 unspecified atom stereocenters. The summed E-state index contributed by atoms with van der Waals surface area (Å²) in [6.45, 7) is 0.465. The Morgan fingerprint density at radius 1 is 0.355 bits per heavy atom. The molecule has 0 bridgehead atoms. The predicted molar refractivity (Wildman–Crippen MR) is 242 cm³/mol. The molecule has 0 rings (SSSR count). The van der Waals surface area contributed by atoms with Crippen molar-refractivity contribution in [2.45, 2.75) is 238 Å². The Labute approximate surface area is 375 Å². The molecule has 0 radical (unpaired) electrons. The Bertz CT molecular complexity index is 1130. The van der Waals surface area contributed by atoms with E-state index in [0.29, 0.717) is 12.8 Å². The minimum absolute atomic E-state index is 0.203. The van der Waals surface area contributed by atoms with Gasteiger partial charge in [0.15, 0.2) is 0 Å². The molecule has 0 spiro atoms. The van der Waals surface area contributed by atoms with Gasteiger partial charge in [-0.1, -0.05) is 194 Å². The fourth-order valence-corrected chi connectivity index (χ4v) is 8.33. The molecule has 0 aromatic carbocycles. The van der Waals surface area contributed by atoms with Crippen LogP contribution in [0, 0.1) is 0 Å². The topological polar surface area (TPSA) is 225 Å². The molecular weight excluding hydrogens is 842 g/mol. The third-order valence-electron chi connectivity index (χ3n) is 10.6. The van der Waals surface area contributed by atoms with Gasteiger partial charge in [0.05, 0.1) is 26.4 Å². The highest BCUT2D eigenvalue weighted by Crippen LogP contribution is 2.45. The SMILES string of the molecule is CCCCCCCCCCCCCCCCCCCC(=O)OCC(O)COP(=O)(O)OCC(O)COP(=O)(O)OCC(O)COC(=O)CCCCCCCCCCCCCCC. The van der Waals surface area contributed by atoms with E-state index in [1.807, 2.05) is 0 Å². The van der Waals surface area contributed by atoms with Crippen LogP contribution in [0.4, 0.5) is 0 Å². The Kier molecular flexibility index (Phi) is 42.0. The molecule has 17 heteroatoms. The van der Waals surface area contributed by atoms with Crippen molar-refractivity contribution in [2.24, 2.45) is 0 Å². The first kappa shape index (κ1) is 61.0. The van der Waals surface area contributed by atoms with Crippen LogP contribution in [-0.4, -0.2) is 95.0 Å². The summed E-state index contributed by atoms with van der Waals surface area (Å²) in [6.07, 6.45) is 32.3. The van der Waals surface area contributed by atoms with E-state index in [1.165, 1.54) is 141 Å². The average Bonchev–Trinajstić information content (AvgIpc) is 3.24. The molecule has 0 aliphatic carbocycles. The van der Waals surface area contributed by atoms with Crippen LogP contribution in [-0.2, 0) is 46.3 Å². The van der Waals surface area contributed by atoms with Crippen LogP contribution in [0.3, 0.4) is 0 Å². The van der Waals surface area contributed by atoms with E-state index in [-0.39, 0.29) is 12.8 Å². The lowest BCUT2D eigenvalue weighted by atomic mass is 10.0. The van der Waals surface area contributed by atoms with Gasteiger partial charge in [0, 0.05) is 12.8 Å². The minimum Gasteiger partial charge on any atom is -0.463 e. The molecule has 0 aromatic rings. The van der Waals surface area contributed by atoms with Gasteiger partial charge in [-0.15, -0.1) is 0 Å². The molecule has 370 valence electrons. The third-order valence-corrected chi connectivity index (χ3v) is 12.5. The van der Waals surface area contributed by atoms with Crippen molar-refractivity contribution in [1.29, 1.82) is 0 Å². The first-order valence-corrected chi connectivity index (χ1v) is 27.4. The number of phosphoric ester groups is 2. The monoisotopic (exact) mass is 933 g/mol. The Morgan fingerprint density at radius 2 is 0.548 bits per heavy atom. The van der Waals surface area contributed by atoms with E-state index >= 15 is 0 Å². The van der Waals surface area contributed by atoms with E-state index in [0.717, 1.165) is 38.5 Å². The molecule has 0 heterocycles. The molecule has 5 N–H and O–H groups in total. The fraction of sp³-hybridized carbons (Fsp3) is 0.956. The Hall–Kier alpha value is -0.960. The summed E-state index contributed by atoms with van der Waals surface area (Å²) in [4.78, 5) is 43.7. The molecule has 0 aromatic heterocycles. The smallest absolute Gasteiger partial charge is 0.463 e. The summed E-state index contributed by atoms with van der Waals surface area (Å²) in [7, 11) is -9.55. The molecular formula is C45H90O15P2. The third kappa shape index (κ3) is 44.3. The second kappa shape index (κ2) is 42.7. The Balaban J connectivity index is 3.85. The summed E-state index contributed by atoms with van der Waals surface area (Å²) in [5.41, 5.74) is 0. The van der Waals surface area contributed by atoms with Crippen LogP contribution in [0.1, 0.15) is 219 Å². The zero-order valence-electron chi connectivity index (χ0n) is 38.8. The lowest BCUT2D eigenvalue weighted by molar-refractivity contribution is -0.148. The van der Waals surface area contributed by atoms with Crippen LogP contribution in [0.2, 0.25) is 0 Å².